The topological polar surface area (TPSA) is 38.0 Å². The molecule has 0 saturated heterocycles. The van der Waals surface area contributed by atoms with Crippen molar-refractivity contribution >= 4 is 11.6 Å². The Morgan fingerprint density at radius 3 is 2.84 bits per heavy atom. The van der Waals surface area contributed by atoms with E-state index in [9.17, 15) is 5.11 Å². The smallest absolute Gasteiger partial charge is 0.122 e. The number of hydrogen-bond acceptors (Lipinski definition) is 2. The van der Waals surface area contributed by atoms with Crippen LogP contribution >= 0.6 is 11.6 Å². The molecule has 1 aliphatic carbocycles. The Labute approximate surface area is 117 Å². The molecule has 0 spiro atoms. The summed E-state index contributed by atoms with van der Waals surface area (Å²) in [5.74, 6) is 0.600. The highest BCUT2D eigenvalue weighted by Crippen LogP contribution is 2.44. The highest BCUT2D eigenvalue weighted by molar-refractivity contribution is 6.31. The van der Waals surface area contributed by atoms with E-state index >= 15 is 0 Å². The second kappa shape index (κ2) is 4.99. The molecule has 0 aliphatic heterocycles. The van der Waals surface area contributed by atoms with Crippen molar-refractivity contribution in [2.45, 2.75) is 38.3 Å². The van der Waals surface area contributed by atoms with Crippen LogP contribution in [-0.2, 0) is 6.54 Å². The number of nitrogens with zero attached hydrogens (tertiary/aromatic N) is 2. The van der Waals surface area contributed by atoms with Crippen molar-refractivity contribution in [1.29, 1.82) is 0 Å². The van der Waals surface area contributed by atoms with Crippen LogP contribution in [0.5, 0.6) is 0 Å². The van der Waals surface area contributed by atoms with Crippen molar-refractivity contribution in [3.63, 3.8) is 0 Å². The number of hydrogen-bond donors (Lipinski definition) is 1. The van der Waals surface area contributed by atoms with Crippen LogP contribution in [0.15, 0.2) is 30.5 Å². The van der Waals surface area contributed by atoms with Gasteiger partial charge in [0.1, 0.15) is 6.10 Å². The summed E-state index contributed by atoms with van der Waals surface area (Å²) >= 11 is 6.17. The molecule has 2 aromatic rings. The number of aryl methyl sites for hydroxylation is 1. The Kier molecular flexibility index (Phi) is 3.33. The maximum absolute atomic E-state index is 10.7. The molecule has 1 N–H and O–H groups in total. The molecule has 0 bridgehead atoms. The average Bonchev–Trinajstić information content (AvgIpc) is 3.21. The summed E-state index contributed by atoms with van der Waals surface area (Å²) in [4.78, 5) is 0. The Hall–Kier alpha value is -1.32. The molecule has 1 unspecified atom stereocenters. The summed E-state index contributed by atoms with van der Waals surface area (Å²) in [7, 11) is 0. The minimum Gasteiger partial charge on any atom is -0.382 e. The van der Waals surface area contributed by atoms with Gasteiger partial charge in [-0.05, 0) is 36.8 Å². The third kappa shape index (κ3) is 2.28. The van der Waals surface area contributed by atoms with E-state index in [1.54, 1.807) is 10.9 Å². The van der Waals surface area contributed by atoms with Crippen molar-refractivity contribution in [2.75, 3.05) is 0 Å². The van der Waals surface area contributed by atoms with Crippen LogP contribution in [0.25, 0.3) is 0 Å². The molecule has 1 fully saturated rings. The van der Waals surface area contributed by atoms with E-state index in [2.05, 4.69) is 11.2 Å². The maximum Gasteiger partial charge on any atom is 0.122 e. The number of rotatable bonds is 4. The monoisotopic (exact) mass is 276 g/mol. The molecule has 0 radical (unpaired) electrons. The largest absolute Gasteiger partial charge is 0.382 e. The zero-order chi connectivity index (χ0) is 13.4. The molecule has 1 saturated carbocycles. The SMILES string of the molecule is CCn1ncc(Cl)c1C(O)c1ccccc1C1CC1. The van der Waals surface area contributed by atoms with Gasteiger partial charge in [0, 0.05) is 6.54 Å². The van der Waals surface area contributed by atoms with Crippen molar-refractivity contribution in [3.8, 4) is 0 Å². The molecule has 3 nitrogen and oxygen atoms in total. The minimum atomic E-state index is -0.702. The fraction of sp³-hybridized carbons (Fsp3) is 0.400. The number of aliphatic hydroxyl groups is 1. The Bertz CT molecular complexity index is 590. The van der Waals surface area contributed by atoms with Gasteiger partial charge in [0.15, 0.2) is 0 Å². The highest BCUT2D eigenvalue weighted by Gasteiger charge is 2.29. The lowest BCUT2D eigenvalue weighted by molar-refractivity contribution is 0.207. The first-order valence-electron chi connectivity index (χ1n) is 6.70. The van der Waals surface area contributed by atoms with Gasteiger partial charge < -0.3 is 5.11 Å². The lowest BCUT2D eigenvalue weighted by Gasteiger charge is -2.17. The summed E-state index contributed by atoms with van der Waals surface area (Å²) < 4.78 is 1.76. The normalized spacial score (nSPS) is 16.6. The lowest BCUT2D eigenvalue weighted by atomic mass is 9.97. The van der Waals surface area contributed by atoms with Gasteiger partial charge in [0.05, 0.1) is 16.9 Å². The highest BCUT2D eigenvalue weighted by atomic mass is 35.5. The molecular weight excluding hydrogens is 260 g/mol. The Morgan fingerprint density at radius 1 is 1.42 bits per heavy atom. The number of benzene rings is 1. The van der Waals surface area contributed by atoms with E-state index in [1.165, 1.54) is 18.4 Å². The summed E-state index contributed by atoms with van der Waals surface area (Å²) in [5, 5.41) is 15.4. The van der Waals surface area contributed by atoms with Crippen LogP contribution < -0.4 is 0 Å². The van der Waals surface area contributed by atoms with Crippen LogP contribution in [0.4, 0.5) is 0 Å². The molecule has 3 rings (SSSR count). The predicted molar refractivity (Wildman–Crippen MR) is 75.4 cm³/mol. The van der Waals surface area contributed by atoms with Gasteiger partial charge in [-0.15, -0.1) is 0 Å². The van der Waals surface area contributed by atoms with Gasteiger partial charge in [-0.25, -0.2) is 0 Å². The molecule has 1 aromatic carbocycles. The van der Waals surface area contributed by atoms with Crippen molar-refractivity contribution < 1.29 is 5.11 Å². The first-order chi connectivity index (χ1) is 9.22. The molecule has 4 heteroatoms. The van der Waals surface area contributed by atoms with Gasteiger partial charge in [0.25, 0.3) is 0 Å². The van der Waals surface area contributed by atoms with Crippen LogP contribution in [0, 0.1) is 0 Å². The first-order valence-corrected chi connectivity index (χ1v) is 7.08. The van der Waals surface area contributed by atoms with Crippen LogP contribution in [0.1, 0.15) is 48.6 Å². The predicted octanol–water partition coefficient (Wildman–Crippen LogP) is 3.52. The second-order valence-corrected chi connectivity index (χ2v) is 5.41. The van der Waals surface area contributed by atoms with E-state index in [-0.39, 0.29) is 0 Å². The van der Waals surface area contributed by atoms with Crippen molar-refractivity contribution in [3.05, 3.63) is 52.3 Å². The van der Waals surface area contributed by atoms with Gasteiger partial charge >= 0.3 is 0 Å². The Balaban J connectivity index is 2.04. The maximum atomic E-state index is 10.7. The summed E-state index contributed by atoms with van der Waals surface area (Å²) in [6, 6.07) is 8.09. The van der Waals surface area contributed by atoms with E-state index in [4.69, 9.17) is 11.6 Å². The van der Waals surface area contributed by atoms with E-state index in [1.807, 2.05) is 25.1 Å². The molecule has 1 heterocycles. The molecule has 1 aromatic heterocycles. The quantitative estimate of drug-likeness (QED) is 0.928. The second-order valence-electron chi connectivity index (χ2n) is 5.00. The third-order valence-corrected chi connectivity index (χ3v) is 3.99. The first kappa shape index (κ1) is 12.7. The lowest BCUT2D eigenvalue weighted by Crippen LogP contribution is -2.11. The Morgan fingerprint density at radius 2 is 2.16 bits per heavy atom. The zero-order valence-corrected chi connectivity index (χ0v) is 11.6. The molecule has 19 heavy (non-hydrogen) atoms. The third-order valence-electron chi connectivity index (χ3n) is 3.70. The number of aromatic nitrogens is 2. The van der Waals surface area contributed by atoms with E-state index in [0.29, 0.717) is 23.2 Å². The molecule has 1 aliphatic rings. The average molecular weight is 277 g/mol. The van der Waals surface area contributed by atoms with Gasteiger partial charge in [-0.3, -0.25) is 4.68 Å². The van der Waals surface area contributed by atoms with Crippen molar-refractivity contribution in [1.82, 2.24) is 9.78 Å². The van der Waals surface area contributed by atoms with Crippen LogP contribution in [-0.4, -0.2) is 14.9 Å². The fourth-order valence-electron chi connectivity index (χ4n) is 2.57. The number of halogens is 1. The van der Waals surface area contributed by atoms with Gasteiger partial charge in [-0.2, -0.15) is 5.10 Å². The number of aliphatic hydroxyl groups excluding tert-OH is 1. The molecule has 100 valence electrons. The molecule has 1 atom stereocenters. The van der Waals surface area contributed by atoms with E-state index < -0.39 is 6.10 Å². The molecular formula is C15H17ClN2O. The fourth-order valence-corrected chi connectivity index (χ4v) is 2.81. The summed E-state index contributed by atoms with van der Waals surface area (Å²) in [6.45, 7) is 2.69. The zero-order valence-electron chi connectivity index (χ0n) is 10.9. The van der Waals surface area contributed by atoms with Gasteiger partial charge in [0.2, 0.25) is 0 Å². The van der Waals surface area contributed by atoms with Crippen LogP contribution in [0.3, 0.4) is 0 Å². The molecule has 0 amide bonds. The van der Waals surface area contributed by atoms with Crippen molar-refractivity contribution in [2.24, 2.45) is 0 Å². The standard InChI is InChI=1S/C15H17ClN2O/c1-2-18-14(13(16)9-17-18)15(19)12-6-4-3-5-11(12)10-7-8-10/h3-6,9-10,15,19H,2,7-8H2,1H3. The van der Waals surface area contributed by atoms with Gasteiger partial charge in [-0.1, -0.05) is 35.9 Å². The van der Waals surface area contributed by atoms with Crippen LogP contribution in [0.2, 0.25) is 5.02 Å². The summed E-state index contributed by atoms with van der Waals surface area (Å²) in [6.07, 6.45) is 3.32. The minimum absolute atomic E-state index is 0.528. The summed E-state index contributed by atoms with van der Waals surface area (Å²) in [5.41, 5.74) is 2.90. The van der Waals surface area contributed by atoms with E-state index in [0.717, 1.165) is 5.56 Å².